The number of pyridine rings is 1. The Morgan fingerprint density at radius 2 is 2.13 bits per heavy atom. The molecular formula is C17H18BrN3O2. The molecule has 0 bridgehead atoms. The number of hydrogen-bond donors (Lipinski definition) is 1. The Kier molecular flexibility index (Phi) is 4.26. The minimum absolute atomic E-state index is 0.168. The van der Waals surface area contributed by atoms with E-state index in [9.17, 15) is 4.79 Å². The van der Waals surface area contributed by atoms with Gasteiger partial charge >= 0.3 is 6.03 Å². The monoisotopic (exact) mass is 375 g/mol. The minimum atomic E-state index is -0.459. The van der Waals surface area contributed by atoms with E-state index in [1.807, 2.05) is 44.2 Å². The molecule has 0 saturated carbocycles. The van der Waals surface area contributed by atoms with E-state index in [1.54, 1.807) is 17.3 Å². The number of amides is 2. The molecular weight excluding hydrogens is 358 g/mol. The predicted octanol–water partition coefficient (Wildman–Crippen LogP) is 4.05. The molecule has 1 aromatic carbocycles. The van der Waals surface area contributed by atoms with Crippen molar-refractivity contribution >= 4 is 27.6 Å². The Morgan fingerprint density at radius 3 is 2.91 bits per heavy atom. The van der Waals surface area contributed by atoms with Gasteiger partial charge in [0.1, 0.15) is 11.4 Å². The summed E-state index contributed by atoms with van der Waals surface area (Å²) in [4.78, 5) is 18.5. The SMILES string of the molecule is CC1(C)CN(C(=O)Nc2cncc(Br)c2)Cc2ccccc2O1. The molecule has 6 heteroatoms. The maximum absolute atomic E-state index is 12.6. The zero-order valence-electron chi connectivity index (χ0n) is 13.0. The smallest absolute Gasteiger partial charge is 0.322 e. The third kappa shape index (κ3) is 3.82. The standard InChI is InChI=1S/C17H18BrN3O2/c1-17(2)11-21(10-12-5-3-4-6-15(12)23-17)16(22)20-14-7-13(18)8-19-9-14/h3-9H,10-11H2,1-2H3,(H,20,22). The first kappa shape index (κ1) is 15.8. The van der Waals surface area contributed by atoms with Crippen molar-refractivity contribution < 1.29 is 9.53 Å². The molecule has 2 aromatic rings. The Balaban J connectivity index is 1.82. The second-order valence-electron chi connectivity index (χ2n) is 6.15. The van der Waals surface area contributed by atoms with E-state index in [0.29, 0.717) is 18.8 Å². The van der Waals surface area contributed by atoms with E-state index in [-0.39, 0.29) is 6.03 Å². The van der Waals surface area contributed by atoms with Crippen molar-refractivity contribution in [3.63, 3.8) is 0 Å². The van der Waals surface area contributed by atoms with Crippen molar-refractivity contribution in [2.24, 2.45) is 0 Å². The highest BCUT2D eigenvalue weighted by Gasteiger charge is 2.31. The van der Waals surface area contributed by atoms with Gasteiger partial charge in [-0.05, 0) is 41.9 Å². The van der Waals surface area contributed by atoms with E-state index in [0.717, 1.165) is 15.8 Å². The van der Waals surface area contributed by atoms with Crippen LogP contribution in [0.4, 0.5) is 10.5 Å². The van der Waals surface area contributed by atoms with Crippen LogP contribution in [0, 0.1) is 0 Å². The van der Waals surface area contributed by atoms with Crippen LogP contribution in [0.15, 0.2) is 47.2 Å². The lowest BCUT2D eigenvalue weighted by Gasteiger charge is -2.29. The summed E-state index contributed by atoms with van der Waals surface area (Å²) in [5, 5.41) is 2.89. The number of urea groups is 1. The normalized spacial score (nSPS) is 16.0. The van der Waals surface area contributed by atoms with Crippen LogP contribution in [-0.4, -0.2) is 28.1 Å². The summed E-state index contributed by atoms with van der Waals surface area (Å²) in [6.45, 7) is 4.97. The number of para-hydroxylation sites is 1. The summed E-state index contributed by atoms with van der Waals surface area (Å²) in [7, 11) is 0. The summed E-state index contributed by atoms with van der Waals surface area (Å²) in [6.07, 6.45) is 3.30. The molecule has 0 radical (unpaired) electrons. The number of anilines is 1. The zero-order chi connectivity index (χ0) is 16.4. The van der Waals surface area contributed by atoms with Crippen molar-refractivity contribution in [3.8, 4) is 5.75 Å². The average Bonchev–Trinajstić information content (AvgIpc) is 2.61. The van der Waals surface area contributed by atoms with E-state index in [4.69, 9.17) is 4.74 Å². The van der Waals surface area contributed by atoms with E-state index in [1.165, 1.54) is 0 Å². The number of aromatic nitrogens is 1. The van der Waals surface area contributed by atoms with Crippen LogP contribution < -0.4 is 10.1 Å². The fraction of sp³-hybridized carbons (Fsp3) is 0.294. The van der Waals surface area contributed by atoms with E-state index >= 15 is 0 Å². The van der Waals surface area contributed by atoms with Crippen LogP contribution in [0.3, 0.4) is 0 Å². The Labute approximate surface area is 143 Å². The molecule has 23 heavy (non-hydrogen) atoms. The first-order valence-corrected chi connectivity index (χ1v) is 8.16. The number of carbonyl (C=O) groups is 1. The molecule has 1 aliphatic rings. The summed E-state index contributed by atoms with van der Waals surface area (Å²) >= 11 is 3.35. The topological polar surface area (TPSA) is 54.5 Å². The Hall–Kier alpha value is -2.08. The number of ether oxygens (including phenoxy) is 1. The number of nitrogens with zero attached hydrogens (tertiary/aromatic N) is 2. The Bertz CT molecular complexity index is 733. The molecule has 0 saturated heterocycles. The maximum Gasteiger partial charge on any atom is 0.322 e. The van der Waals surface area contributed by atoms with Gasteiger partial charge < -0.3 is 15.0 Å². The molecule has 0 fully saturated rings. The highest BCUT2D eigenvalue weighted by molar-refractivity contribution is 9.10. The minimum Gasteiger partial charge on any atom is -0.486 e. The van der Waals surface area contributed by atoms with Gasteiger partial charge in [0, 0.05) is 16.2 Å². The van der Waals surface area contributed by atoms with Gasteiger partial charge in [-0.1, -0.05) is 18.2 Å². The van der Waals surface area contributed by atoms with Gasteiger partial charge in [0.25, 0.3) is 0 Å². The number of nitrogens with one attached hydrogen (secondary N) is 1. The molecule has 5 nitrogen and oxygen atoms in total. The second kappa shape index (κ2) is 6.20. The Morgan fingerprint density at radius 1 is 1.35 bits per heavy atom. The molecule has 3 rings (SSSR count). The number of carbonyl (C=O) groups excluding carboxylic acids is 1. The fourth-order valence-electron chi connectivity index (χ4n) is 2.61. The first-order chi connectivity index (χ1) is 10.9. The number of halogens is 1. The van der Waals surface area contributed by atoms with Crippen molar-refractivity contribution in [1.82, 2.24) is 9.88 Å². The number of benzene rings is 1. The number of fused-ring (bicyclic) bond motifs is 1. The fourth-order valence-corrected chi connectivity index (χ4v) is 2.98. The zero-order valence-corrected chi connectivity index (χ0v) is 14.6. The summed E-state index contributed by atoms with van der Waals surface area (Å²) in [5.41, 5.74) is 1.20. The van der Waals surface area contributed by atoms with Gasteiger partial charge in [-0.15, -0.1) is 0 Å². The lowest BCUT2D eigenvalue weighted by Crippen LogP contribution is -2.44. The van der Waals surface area contributed by atoms with Gasteiger partial charge in [-0.25, -0.2) is 4.79 Å². The lowest BCUT2D eigenvalue weighted by atomic mass is 10.1. The lowest BCUT2D eigenvalue weighted by molar-refractivity contribution is 0.0835. The van der Waals surface area contributed by atoms with Gasteiger partial charge in [-0.3, -0.25) is 4.98 Å². The predicted molar refractivity (Wildman–Crippen MR) is 92.5 cm³/mol. The summed E-state index contributed by atoms with van der Waals surface area (Å²) in [6, 6.07) is 9.47. The van der Waals surface area contributed by atoms with Gasteiger partial charge in [-0.2, -0.15) is 0 Å². The van der Waals surface area contributed by atoms with Crippen molar-refractivity contribution in [2.45, 2.75) is 26.0 Å². The van der Waals surface area contributed by atoms with E-state index < -0.39 is 5.60 Å². The van der Waals surface area contributed by atoms with Crippen LogP contribution >= 0.6 is 15.9 Å². The quantitative estimate of drug-likeness (QED) is 0.817. The molecule has 2 amide bonds. The molecule has 120 valence electrons. The summed E-state index contributed by atoms with van der Waals surface area (Å²) in [5.74, 6) is 0.830. The first-order valence-electron chi connectivity index (χ1n) is 7.36. The molecule has 1 aliphatic heterocycles. The third-order valence-corrected chi connectivity index (χ3v) is 3.97. The molecule has 0 atom stereocenters. The van der Waals surface area contributed by atoms with Crippen molar-refractivity contribution in [1.29, 1.82) is 0 Å². The highest BCUT2D eigenvalue weighted by atomic mass is 79.9. The molecule has 0 spiro atoms. The molecule has 1 aromatic heterocycles. The molecule has 1 N–H and O–H groups in total. The van der Waals surface area contributed by atoms with Gasteiger partial charge in [0.2, 0.25) is 0 Å². The van der Waals surface area contributed by atoms with Gasteiger partial charge in [0.15, 0.2) is 0 Å². The number of rotatable bonds is 1. The highest BCUT2D eigenvalue weighted by Crippen LogP contribution is 2.29. The third-order valence-electron chi connectivity index (χ3n) is 3.54. The number of hydrogen-bond acceptors (Lipinski definition) is 3. The summed E-state index contributed by atoms with van der Waals surface area (Å²) < 4.78 is 6.87. The average molecular weight is 376 g/mol. The molecule has 2 heterocycles. The van der Waals surface area contributed by atoms with Crippen LogP contribution in [0.2, 0.25) is 0 Å². The molecule has 0 aliphatic carbocycles. The van der Waals surface area contributed by atoms with Gasteiger partial charge in [0.05, 0.1) is 25.0 Å². The largest absolute Gasteiger partial charge is 0.486 e. The van der Waals surface area contributed by atoms with Crippen LogP contribution in [0.5, 0.6) is 5.75 Å². The van der Waals surface area contributed by atoms with Crippen LogP contribution in [0.25, 0.3) is 0 Å². The second-order valence-corrected chi connectivity index (χ2v) is 7.06. The maximum atomic E-state index is 12.6. The van der Waals surface area contributed by atoms with E-state index in [2.05, 4.69) is 26.2 Å². The van der Waals surface area contributed by atoms with Crippen LogP contribution in [-0.2, 0) is 6.54 Å². The van der Waals surface area contributed by atoms with Crippen LogP contribution in [0.1, 0.15) is 19.4 Å². The molecule has 0 unspecified atom stereocenters. The van der Waals surface area contributed by atoms with Crippen molar-refractivity contribution in [2.75, 3.05) is 11.9 Å². The van der Waals surface area contributed by atoms with Crippen molar-refractivity contribution in [3.05, 3.63) is 52.8 Å².